The first-order valence-corrected chi connectivity index (χ1v) is 7.14. The van der Waals surface area contributed by atoms with Gasteiger partial charge in [0, 0.05) is 24.5 Å². The van der Waals surface area contributed by atoms with Crippen molar-refractivity contribution in [1.29, 1.82) is 0 Å². The summed E-state index contributed by atoms with van der Waals surface area (Å²) >= 11 is 1.71. The quantitative estimate of drug-likeness (QED) is 0.888. The second-order valence-corrected chi connectivity index (χ2v) is 5.47. The number of hydrogen-bond donors (Lipinski definition) is 1. The number of thiophene rings is 1. The summed E-state index contributed by atoms with van der Waals surface area (Å²) in [5.41, 5.74) is 0.966. The van der Waals surface area contributed by atoms with E-state index in [9.17, 15) is 9.90 Å². The van der Waals surface area contributed by atoms with Crippen LogP contribution in [0.4, 0.5) is 5.69 Å². The van der Waals surface area contributed by atoms with Crippen LogP contribution in [0.3, 0.4) is 0 Å². The molecule has 4 nitrogen and oxygen atoms in total. The van der Waals surface area contributed by atoms with Crippen molar-refractivity contribution in [2.75, 3.05) is 25.6 Å². The van der Waals surface area contributed by atoms with Crippen LogP contribution in [0.2, 0.25) is 0 Å². The molecule has 0 spiro atoms. The van der Waals surface area contributed by atoms with E-state index in [2.05, 4.69) is 6.07 Å². The number of rotatable bonds is 6. The molecule has 0 amide bonds. The largest absolute Gasteiger partial charge is 0.497 e. The Balaban J connectivity index is 2.18. The lowest BCUT2D eigenvalue weighted by molar-refractivity contribution is 0.0697. The highest BCUT2D eigenvalue weighted by molar-refractivity contribution is 7.09. The maximum atomic E-state index is 11.3. The molecule has 2 aromatic rings. The third-order valence-corrected chi connectivity index (χ3v) is 4.06. The molecule has 0 aliphatic rings. The van der Waals surface area contributed by atoms with E-state index in [1.807, 2.05) is 23.4 Å². The maximum absolute atomic E-state index is 11.3. The summed E-state index contributed by atoms with van der Waals surface area (Å²) in [4.78, 5) is 14.5. The maximum Gasteiger partial charge on any atom is 0.337 e. The molecule has 2 rings (SSSR count). The van der Waals surface area contributed by atoms with Crippen LogP contribution in [0.1, 0.15) is 15.2 Å². The van der Waals surface area contributed by atoms with Crippen LogP contribution in [0.25, 0.3) is 0 Å². The van der Waals surface area contributed by atoms with E-state index in [0.29, 0.717) is 17.0 Å². The predicted molar refractivity (Wildman–Crippen MR) is 81.2 cm³/mol. The summed E-state index contributed by atoms with van der Waals surface area (Å²) < 4.78 is 5.17. The first-order valence-electron chi connectivity index (χ1n) is 6.26. The van der Waals surface area contributed by atoms with E-state index in [1.54, 1.807) is 36.6 Å². The van der Waals surface area contributed by atoms with Crippen molar-refractivity contribution < 1.29 is 14.6 Å². The first-order chi connectivity index (χ1) is 9.61. The monoisotopic (exact) mass is 291 g/mol. The van der Waals surface area contributed by atoms with Gasteiger partial charge in [-0.15, -0.1) is 11.3 Å². The van der Waals surface area contributed by atoms with Gasteiger partial charge in [0.05, 0.1) is 18.4 Å². The number of methoxy groups -OCH3 is 1. The van der Waals surface area contributed by atoms with E-state index in [4.69, 9.17) is 4.74 Å². The molecule has 0 aliphatic heterocycles. The molecule has 0 bridgehead atoms. The first kappa shape index (κ1) is 14.4. The lowest BCUT2D eigenvalue weighted by Gasteiger charge is -2.21. The topological polar surface area (TPSA) is 49.8 Å². The van der Waals surface area contributed by atoms with Gasteiger partial charge in [-0.2, -0.15) is 0 Å². The molecule has 20 heavy (non-hydrogen) atoms. The van der Waals surface area contributed by atoms with Gasteiger partial charge in [0.25, 0.3) is 0 Å². The Kier molecular flexibility index (Phi) is 4.63. The second kappa shape index (κ2) is 6.43. The highest BCUT2D eigenvalue weighted by Crippen LogP contribution is 2.26. The van der Waals surface area contributed by atoms with E-state index >= 15 is 0 Å². The molecular formula is C15H17NO3S. The average Bonchev–Trinajstić information content (AvgIpc) is 2.97. The molecule has 0 radical (unpaired) electrons. The van der Waals surface area contributed by atoms with Crippen molar-refractivity contribution >= 4 is 23.0 Å². The number of anilines is 1. The molecule has 1 aromatic carbocycles. The third kappa shape index (κ3) is 3.30. The zero-order valence-electron chi connectivity index (χ0n) is 11.5. The number of carboxylic acids is 1. The molecule has 5 heteroatoms. The Morgan fingerprint density at radius 2 is 2.20 bits per heavy atom. The molecule has 0 unspecified atom stereocenters. The number of nitrogens with zero attached hydrogens (tertiary/aromatic N) is 1. The van der Waals surface area contributed by atoms with Crippen molar-refractivity contribution in [2.24, 2.45) is 0 Å². The van der Waals surface area contributed by atoms with Crippen molar-refractivity contribution in [3.8, 4) is 5.75 Å². The van der Waals surface area contributed by atoms with Crippen LogP contribution in [0.5, 0.6) is 5.75 Å². The van der Waals surface area contributed by atoms with Gasteiger partial charge in [0.15, 0.2) is 0 Å². The van der Waals surface area contributed by atoms with Crippen molar-refractivity contribution in [2.45, 2.75) is 6.42 Å². The molecule has 0 fully saturated rings. The Morgan fingerprint density at radius 3 is 2.80 bits per heavy atom. The zero-order chi connectivity index (χ0) is 14.5. The minimum absolute atomic E-state index is 0.291. The number of likely N-dealkylation sites (N-methyl/N-ethyl adjacent to an activating group) is 1. The standard InChI is InChI=1S/C15H17NO3S/c1-16(8-7-12-4-3-9-20-12)14-10-11(19-2)5-6-13(14)15(17)18/h3-6,9-10H,7-8H2,1-2H3,(H,17,18). The minimum Gasteiger partial charge on any atom is -0.497 e. The van der Waals surface area contributed by atoms with Crippen LogP contribution < -0.4 is 9.64 Å². The fourth-order valence-electron chi connectivity index (χ4n) is 1.99. The number of benzene rings is 1. The normalized spacial score (nSPS) is 10.3. The van der Waals surface area contributed by atoms with Crippen LogP contribution >= 0.6 is 11.3 Å². The van der Waals surface area contributed by atoms with Gasteiger partial charge in [-0.3, -0.25) is 0 Å². The number of carbonyl (C=O) groups is 1. The molecule has 0 saturated heterocycles. The molecule has 106 valence electrons. The fourth-order valence-corrected chi connectivity index (χ4v) is 2.69. The summed E-state index contributed by atoms with van der Waals surface area (Å²) in [6.45, 7) is 0.758. The number of aromatic carboxylic acids is 1. The van der Waals surface area contributed by atoms with Gasteiger partial charge in [-0.1, -0.05) is 6.07 Å². The van der Waals surface area contributed by atoms with Crippen LogP contribution in [-0.4, -0.2) is 31.8 Å². The summed E-state index contributed by atoms with van der Waals surface area (Å²) in [6.07, 6.45) is 0.893. The van der Waals surface area contributed by atoms with Gasteiger partial charge in [0.1, 0.15) is 5.75 Å². The summed E-state index contributed by atoms with van der Waals surface area (Å²) in [5.74, 6) is -0.265. The molecule has 1 N–H and O–H groups in total. The Morgan fingerprint density at radius 1 is 1.40 bits per heavy atom. The van der Waals surface area contributed by atoms with E-state index in [1.165, 1.54) is 4.88 Å². The SMILES string of the molecule is COc1ccc(C(=O)O)c(N(C)CCc2cccs2)c1. The molecule has 0 aliphatic carbocycles. The summed E-state index contributed by atoms with van der Waals surface area (Å²) in [5, 5.41) is 11.3. The van der Waals surface area contributed by atoms with Gasteiger partial charge in [0.2, 0.25) is 0 Å². The average molecular weight is 291 g/mol. The predicted octanol–water partition coefficient (Wildman–Crippen LogP) is 3.13. The highest BCUT2D eigenvalue weighted by Gasteiger charge is 2.14. The Hall–Kier alpha value is -2.01. The Labute approximate surface area is 122 Å². The Bertz CT molecular complexity index is 581. The summed E-state index contributed by atoms with van der Waals surface area (Å²) in [7, 11) is 3.47. The molecular weight excluding hydrogens is 274 g/mol. The number of hydrogen-bond acceptors (Lipinski definition) is 4. The van der Waals surface area contributed by atoms with Crippen molar-refractivity contribution in [1.82, 2.24) is 0 Å². The number of ether oxygens (including phenoxy) is 1. The molecule has 1 aromatic heterocycles. The summed E-state index contributed by atoms with van der Waals surface area (Å²) in [6, 6.07) is 9.12. The molecule has 0 atom stereocenters. The molecule has 0 saturated carbocycles. The second-order valence-electron chi connectivity index (χ2n) is 4.44. The van der Waals surface area contributed by atoms with Crippen molar-refractivity contribution in [3.63, 3.8) is 0 Å². The van der Waals surface area contributed by atoms with Gasteiger partial charge < -0.3 is 14.7 Å². The van der Waals surface area contributed by atoms with Gasteiger partial charge in [-0.25, -0.2) is 4.79 Å². The van der Waals surface area contributed by atoms with E-state index in [-0.39, 0.29) is 0 Å². The van der Waals surface area contributed by atoms with E-state index in [0.717, 1.165) is 13.0 Å². The lowest BCUT2D eigenvalue weighted by Crippen LogP contribution is -2.22. The van der Waals surface area contributed by atoms with Crippen molar-refractivity contribution in [3.05, 3.63) is 46.2 Å². The van der Waals surface area contributed by atoms with Crippen LogP contribution in [0.15, 0.2) is 35.7 Å². The zero-order valence-corrected chi connectivity index (χ0v) is 12.3. The number of carboxylic acid groups (broad SMARTS) is 1. The van der Waals surface area contributed by atoms with E-state index < -0.39 is 5.97 Å². The van der Waals surface area contributed by atoms with Gasteiger partial charge in [-0.05, 0) is 30.0 Å². The third-order valence-electron chi connectivity index (χ3n) is 3.12. The lowest BCUT2D eigenvalue weighted by atomic mass is 10.1. The fraction of sp³-hybridized carbons (Fsp3) is 0.267. The minimum atomic E-state index is -0.925. The smallest absolute Gasteiger partial charge is 0.337 e. The van der Waals surface area contributed by atoms with Crippen LogP contribution in [0, 0.1) is 0 Å². The van der Waals surface area contributed by atoms with Gasteiger partial charge >= 0.3 is 5.97 Å². The molecule has 1 heterocycles. The highest BCUT2D eigenvalue weighted by atomic mass is 32.1. The van der Waals surface area contributed by atoms with Crippen LogP contribution in [-0.2, 0) is 6.42 Å².